The summed E-state index contributed by atoms with van der Waals surface area (Å²) in [4.78, 5) is 16.3. The number of aryl methyl sites for hydroxylation is 1. The van der Waals surface area contributed by atoms with Gasteiger partial charge in [-0.05, 0) is 12.8 Å². The average molecular weight is 256 g/mol. The highest BCUT2D eigenvalue weighted by atomic mass is 32.1. The molecule has 0 saturated carbocycles. The lowest BCUT2D eigenvalue weighted by atomic mass is 9.96. The Hall–Kier alpha value is -0.940. The number of aliphatic hydroxyl groups is 1. The van der Waals surface area contributed by atoms with Gasteiger partial charge in [-0.1, -0.05) is 26.7 Å². The molecule has 1 aromatic heterocycles. The van der Waals surface area contributed by atoms with Gasteiger partial charge in [0, 0.05) is 6.54 Å². The molecule has 0 radical (unpaired) electrons. The van der Waals surface area contributed by atoms with E-state index < -0.39 is 6.10 Å². The van der Waals surface area contributed by atoms with Crippen molar-refractivity contribution in [1.82, 2.24) is 10.3 Å². The van der Waals surface area contributed by atoms with Gasteiger partial charge in [0.2, 0.25) is 0 Å². The van der Waals surface area contributed by atoms with Gasteiger partial charge in [0.25, 0.3) is 5.91 Å². The topological polar surface area (TPSA) is 62.2 Å². The summed E-state index contributed by atoms with van der Waals surface area (Å²) >= 11 is 1.36. The van der Waals surface area contributed by atoms with Crippen LogP contribution in [-0.2, 0) is 0 Å². The molecule has 1 unspecified atom stereocenters. The first-order valence-corrected chi connectivity index (χ1v) is 6.78. The van der Waals surface area contributed by atoms with E-state index in [0.717, 1.165) is 17.8 Å². The van der Waals surface area contributed by atoms with Crippen LogP contribution in [0, 0.1) is 12.8 Å². The molecule has 0 aliphatic carbocycles. The Morgan fingerprint density at radius 1 is 1.53 bits per heavy atom. The van der Waals surface area contributed by atoms with Crippen molar-refractivity contribution in [2.24, 2.45) is 5.92 Å². The number of hydrogen-bond donors (Lipinski definition) is 2. The number of carbonyl (C=O) groups excluding carboxylic acids is 1. The van der Waals surface area contributed by atoms with Crippen LogP contribution in [0.5, 0.6) is 0 Å². The molecule has 0 aliphatic heterocycles. The van der Waals surface area contributed by atoms with Crippen LogP contribution in [0.25, 0.3) is 0 Å². The Labute approximate surface area is 106 Å². The molecule has 0 fully saturated rings. The molecule has 0 aliphatic rings. The third kappa shape index (κ3) is 4.09. The molecule has 5 heteroatoms. The number of carbonyl (C=O) groups is 1. The van der Waals surface area contributed by atoms with Crippen molar-refractivity contribution in [2.75, 3.05) is 6.54 Å². The molecule has 4 nitrogen and oxygen atoms in total. The first-order chi connectivity index (χ1) is 8.08. The highest BCUT2D eigenvalue weighted by Gasteiger charge is 2.17. The van der Waals surface area contributed by atoms with Crippen molar-refractivity contribution >= 4 is 17.2 Å². The summed E-state index contributed by atoms with van der Waals surface area (Å²) in [6, 6.07) is 0. The van der Waals surface area contributed by atoms with Gasteiger partial charge in [-0.15, -0.1) is 11.3 Å². The standard InChI is InChI=1S/C12H20N2O2S/c1-4-9(5-2)10(15)6-14-12(16)11-7-13-8(3)17-11/h7,9-10,15H,4-6H2,1-3H3,(H,14,16). The molecule has 1 aromatic rings. The van der Waals surface area contributed by atoms with E-state index in [9.17, 15) is 9.90 Å². The molecule has 1 atom stereocenters. The number of hydrogen-bond acceptors (Lipinski definition) is 4. The smallest absolute Gasteiger partial charge is 0.263 e. The monoisotopic (exact) mass is 256 g/mol. The first kappa shape index (κ1) is 14.1. The fourth-order valence-electron chi connectivity index (χ4n) is 1.75. The molecule has 1 rings (SSSR count). The van der Waals surface area contributed by atoms with Crippen molar-refractivity contribution in [3.05, 3.63) is 16.1 Å². The Morgan fingerprint density at radius 2 is 2.18 bits per heavy atom. The summed E-state index contributed by atoms with van der Waals surface area (Å²) in [6.07, 6.45) is 2.95. The Kier molecular flexibility index (Phi) is 5.58. The SMILES string of the molecule is CCC(CC)C(O)CNC(=O)c1cnc(C)s1. The van der Waals surface area contributed by atoms with E-state index in [4.69, 9.17) is 0 Å². The molecule has 0 bridgehead atoms. The maximum absolute atomic E-state index is 11.7. The second-order valence-corrected chi connectivity index (χ2v) is 5.33. The zero-order valence-corrected chi connectivity index (χ0v) is 11.4. The van der Waals surface area contributed by atoms with Gasteiger partial charge in [-0.2, -0.15) is 0 Å². The number of nitrogens with one attached hydrogen (secondary N) is 1. The van der Waals surface area contributed by atoms with Crippen molar-refractivity contribution in [1.29, 1.82) is 0 Å². The zero-order chi connectivity index (χ0) is 12.8. The minimum atomic E-state index is -0.469. The molecule has 0 aromatic carbocycles. The van der Waals surface area contributed by atoms with Crippen LogP contribution in [0.4, 0.5) is 0 Å². The second kappa shape index (κ2) is 6.71. The minimum absolute atomic E-state index is 0.152. The van der Waals surface area contributed by atoms with E-state index >= 15 is 0 Å². The normalized spacial score (nSPS) is 12.8. The lowest BCUT2D eigenvalue weighted by Gasteiger charge is -2.20. The Bertz CT molecular complexity index is 361. The third-order valence-electron chi connectivity index (χ3n) is 2.91. The summed E-state index contributed by atoms with van der Waals surface area (Å²) in [5.74, 6) is 0.0964. The van der Waals surface area contributed by atoms with Gasteiger partial charge in [-0.3, -0.25) is 4.79 Å². The second-order valence-electron chi connectivity index (χ2n) is 4.10. The largest absolute Gasteiger partial charge is 0.391 e. The number of aromatic nitrogens is 1. The van der Waals surface area contributed by atoms with Crippen LogP contribution in [-0.4, -0.2) is 28.6 Å². The maximum atomic E-state index is 11.7. The highest BCUT2D eigenvalue weighted by Crippen LogP contribution is 2.13. The molecule has 17 heavy (non-hydrogen) atoms. The predicted molar refractivity (Wildman–Crippen MR) is 69.3 cm³/mol. The summed E-state index contributed by atoms with van der Waals surface area (Å²) in [5.41, 5.74) is 0. The lowest BCUT2D eigenvalue weighted by molar-refractivity contribution is 0.0819. The highest BCUT2D eigenvalue weighted by molar-refractivity contribution is 7.13. The van der Waals surface area contributed by atoms with E-state index in [1.807, 2.05) is 20.8 Å². The van der Waals surface area contributed by atoms with E-state index in [2.05, 4.69) is 10.3 Å². The van der Waals surface area contributed by atoms with E-state index in [1.165, 1.54) is 11.3 Å². The van der Waals surface area contributed by atoms with Crippen LogP contribution in [0.2, 0.25) is 0 Å². The summed E-state index contributed by atoms with van der Waals surface area (Å²) < 4.78 is 0. The summed E-state index contributed by atoms with van der Waals surface area (Å²) in [7, 11) is 0. The van der Waals surface area contributed by atoms with Gasteiger partial charge >= 0.3 is 0 Å². The lowest BCUT2D eigenvalue weighted by Crippen LogP contribution is -2.35. The molecule has 2 N–H and O–H groups in total. The van der Waals surface area contributed by atoms with Crippen molar-refractivity contribution in [2.45, 2.75) is 39.7 Å². The van der Waals surface area contributed by atoms with Crippen LogP contribution < -0.4 is 5.32 Å². The zero-order valence-electron chi connectivity index (χ0n) is 10.6. The van der Waals surface area contributed by atoms with E-state index in [1.54, 1.807) is 6.20 Å². The molecule has 0 spiro atoms. The first-order valence-electron chi connectivity index (χ1n) is 5.97. The van der Waals surface area contributed by atoms with Gasteiger partial charge in [-0.25, -0.2) is 4.98 Å². The fraction of sp³-hybridized carbons (Fsp3) is 0.667. The summed E-state index contributed by atoms with van der Waals surface area (Å²) in [6.45, 7) is 6.26. The van der Waals surface area contributed by atoms with Gasteiger partial charge in [0.15, 0.2) is 0 Å². The number of aliphatic hydroxyl groups excluding tert-OH is 1. The summed E-state index contributed by atoms with van der Waals surface area (Å²) in [5, 5.41) is 13.5. The molecule has 1 heterocycles. The average Bonchev–Trinajstić information content (AvgIpc) is 2.74. The minimum Gasteiger partial charge on any atom is -0.391 e. The van der Waals surface area contributed by atoms with Crippen LogP contribution >= 0.6 is 11.3 Å². The van der Waals surface area contributed by atoms with Crippen LogP contribution in [0.1, 0.15) is 41.4 Å². The fourth-order valence-corrected chi connectivity index (χ4v) is 2.44. The predicted octanol–water partition coefficient (Wildman–Crippen LogP) is 1.98. The maximum Gasteiger partial charge on any atom is 0.263 e. The molecular weight excluding hydrogens is 236 g/mol. The van der Waals surface area contributed by atoms with Gasteiger partial charge in [0.1, 0.15) is 4.88 Å². The number of rotatable bonds is 6. The quantitative estimate of drug-likeness (QED) is 0.818. The van der Waals surface area contributed by atoms with Crippen molar-refractivity contribution in [3.63, 3.8) is 0 Å². The van der Waals surface area contributed by atoms with Gasteiger partial charge < -0.3 is 10.4 Å². The number of nitrogens with zero attached hydrogens (tertiary/aromatic N) is 1. The number of amides is 1. The molecule has 1 amide bonds. The van der Waals surface area contributed by atoms with Gasteiger partial charge in [0.05, 0.1) is 17.3 Å². The van der Waals surface area contributed by atoms with E-state index in [-0.39, 0.29) is 11.8 Å². The van der Waals surface area contributed by atoms with Crippen LogP contribution in [0.3, 0.4) is 0 Å². The third-order valence-corrected chi connectivity index (χ3v) is 3.82. The number of thiazole rings is 1. The Balaban J connectivity index is 2.43. The Morgan fingerprint density at radius 3 is 2.65 bits per heavy atom. The van der Waals surface area contributed by atoms with Crippen molar-refractivity contribution in [3.8, 4) is 0 Å². The molecular formula is C12H20N2O2S. The van der Waals surface area contributed by atoms with Crippen LogP contribution in [0.15, 0.2) is 6.20 Å². The molecule has 0 saturated heterocycles. The molecule has 96 valence electrons. The van der Waals surface area contributed by atoms with Crippen molar-refractivity contribution < 1.29 is 9.90 Å². The van der Waals surface area contributed by atoms with E-state index in [0.29, 0.717) is 11.4 Å².